The summed E-state index contributed by atoms with van der Waals surface area (Å²) >= 11 is 5.04. The molecule has 2 N–H and O–H groups in total. The maximum absolute atomic E-state index is 5.68. The average Bonchev–Trinajstić information content (AvgIpc) is 2.69. The standard InChI is InChI=1S/C16H24N2S/c17-16(19)12-13-18(15-10-6-3-7-11-15)14-8-4-1-2-5-9-14/h3,6-7,10-11,14H,1-2,4-5,8-9,12-13H2,(H2,17,19). The van der Waals surface area contributed by atoms with Crippen molar-refractivity contribution in [3.63, 3.8) is 0 Å². The van der Waals surface area contributed by atoms with Crippen LogP contribution in [-0.4, -0.2) is 17.6 Å². The first-order valence-electron chi connectivity index (χ1n) is 7.37. The Morgan fingerprint density at radius 3 is 2.32 bits per heavy atom. The molecule has 0 saturated heterocycles. The van der Waals surface area contributed by atoms with E-state index in [-0.39, 0.29) is 0 Å². The minimum atomic E-state index is 0.620. The number of thiocarbonyl (C=S) groups is 1. The van der Waals surface area contributed by atoms with Gasteiger partial charge in [0.25, 0.3) is 0 Å². The van der Waals surface area contributed by atoms with Gasteiger partial charge < -0.3 is 10.6 Å². The molecule has 1 saturated carbocycles. The Balaban J connectivity index is 2.10. The molecule has 0 unspecified atom stereocenters. The number of nitrogens with two attached hydrogens (primary N) is 1. The molecule has 1 aliphatic carbocycles. The van der Waals surface area contributed by atoms with Gasteiger partial charge in [0, 0.05) is 24.7 Å². The van der Waals surface area contributed by atoms with Crippen molar-refractivity contribution in [1.29, 1.82) is 0 Å². The second-order valence-corrected chi connectivity index (χ2v) is 5.92. The molecule has 2 rings (SSSR count). The maximum Gasteiger partial charge on any atom is 0.0745 e. The zero-order valence-corrected chi connectivity index (χ0v) is 12.4. The molecule has 104 valence electrons. The molecule has 19 heavy (non-hydrogen) atoms. The predicted molar refractivity (Wildman–Crippen MR) is 86.7 cm³/mol. The number of benzene rings is 1. The Bertz CT molecular complexity index is 383. The van der Waals surface area contributed by atoms with E-state index in [0.29, 0.717) is 11.0 Å². The van der Waals surface area contributed by atoms with E-state index in [1.54, 1.807) is 0 Å². The molecule has 1 fully saturated rings. The van der Waals surface area contributed by atoms with Gasteiger partial charge in [-0.3, -0.25) is 0 Å². The van der Waals surface area contributed by atoms with Crippen LogP contribution in [0.2, 0.25) is 0 Å². The predicted octanol–water partition coefficient (Wildman–Crippen LogP) is 3.89. The minimum absolute atomic E-state index is 0.620. The third-order valence-electron chi connectivity index (χ3n) is 3.95. The van der Waals surface area contributed by atoms with E-state index in [1.165, 1.54) is 44.2 Å². The van der Waals surface area contributed by atoms with Gasteiger partial charge in [0.2, 0.25) is 0 Å². The van der Waals surface area contributed by atoms with Crippen LogP contribution in [-0.2, 0) is 0 Å². The fourth-order valence-electron chi connectivity index (χ4n) is 2.94. The highest BCUT2D eigenvalue weighted by Crippen LogP contribution is 2.26. The first-order valence-corrected chi connectivity index (χ1v) is 7.78. The summed E-state index contributed by atoms with van der Waals surface area (Å²) in [6.07, 6.45) is 8.87. The average molecular weight is 276 g/mol. The van der Waals surface area contributed by atoms with E-state index in [2.05, 4.69) is 35.2 Å². The number of rotatable bonds is 5. The van der Waals surface area contributed by atoms with Crippen LogP contribution in [0.3, 0.4) is 0 Å². The molecule has 3 heteroatoms. The highest BCUT2D eigenvalue weighted by molar-refractivity contribution is 7.80. The van der Waals surface area contributed by atoms with Crippen molar-refractivity contribution in [3.05, 3.63) is 30.3 Å². The van der Waals surface area contributed by atoms with Crippen LogP contribution in [0.4, 0.5) is 5.69 Å². The quantitative estimate of drug-likeness (QED) is 0.653. The fourth-order valence-corrected chi connectivity index (χ4v) is 3.03. The Labute approximate surface area is 122 Å². The molecular weight excluding hydrogens is 252 g/mol. The zero-order valence-electron chi connectivity index (χ0n) is 11.6. The van der Waals surface area contributed by atoms with Gasteiger partial charge in [-0.25, -0.2) is 0 Å². The number of anilines is 1. The zero-order chi connectivity index (χ0) is 13.5. The SMILES string of the molecule is NC(=S)CCN(c1ccccc1)C1CCCCCC1. The van der Waals surface area contributed by atoms with Crippen molar-refractivity contribution in [1.82, 2.24) is 0 Å². The summed E-state index contributed by atoms with van der Waals surface area (Å²) in [5.41, 5.74) is 6.99. The lowest BCUT2D eigenvalue weighted by molar-refractivity contribution is 0.528. The summed E-state index contributed by atoms with van der Waals surface area (Å²) in [6, 6.07) is 11.3. The molecule has 0 spiro atoms. The van der Waals surface area contributed by atoms with Gasteiger partial charge in [-0.15, -0.1) is 0 Å². The first-order chi connectivity index (χ1) is 9.27. The molecule has 0 aliphatic heterocycles. The summed E-state index contributed by atoms with van der Waals surface area (Å²) in [5, 5.41) is 0. The van der Waals surface area contributed by atoms with Crippen LogP contribution >= 0.6 is 12.2 Å². The monoisotopic (exact) mass is 276 g/mol. The second-order valence-electron chi connectivity index (χ2n) is 5.39. The molecule has 2 nitrogen and oxygen atoms in total. The molecule has 0 radical (unpaired) electrons. The van der Waals surface area contributed by atoms with Crippen LogP contribution in [0.5, 0.6) is 0 Å². The van der Waals surface area contributed by atoms with E-state index in [9.17, 15) is 0 Å². The smallest absolute Gasteiger partial charge is 0.0745 e. The summed E-state index contributed by atoms with van der Waals surface area (Å²) in [4.78, 5) is 3.14. The molecule has 0 amide bonds. The largest absolute Gasteiger partial charge is 0.393 e. The Kier molecular flexibility index (Phi) is 5.64. The lowest BCUT2D eigenvalue weighted by atomic mass is 10.1. The van der Waals surface area contributed by atoms with E-state index in [1.807, 2.05) is 0 Å². The molecule has 0 bridgehead atoms. The van der Waals surface area contributed by atoms with Crippen molar-refractivity contribution in [2.45, 2.75) is 51.0 Å². The lowest BCUT2D eigenvalue weighted by Crippen LogP contribution is -2.37. The van der Waals surface area contributed by atoms with E-state index >= 15 is 0 Å². The summed E-state index contributed by atoms with van der Waals surface area (Å²) < 4.78 is 0. The van der Waals surface area contributed by atoms with Gasteiger partial charge in [-0.1, -0.05) is 56.1 Å². The molecule has 0 heterocycles. The van der Waals surface area contributed by atoms with Crippen LogP contribution in [0, 0.1) is 0 Å². The maximum atomic E-state index is 5.68. The van der Waals surface area contributed by atoms with Crippen molar-refractivity contribution >= 4 is 22.9 Å². The van der Waals surface area contributed by atoms with Gasteiger partial charge in [-0.05, 0) is 25.0 Å². The number of hydrogen-bond acceptors (Lipinski definition) is 2. The highest BCUT2D eigenvalue weighted by Gasteiger charge is 2.20. The minimum Gasteiger partial charge on any atom is -0.393 e. The van der Waals surface area contributed by atoms with Crippen molar-refractivity contribution in [2.75, 3.05) is 11.4 Å². The van der Waals surface area contributed by atoms with Gasteiger partial charge >= 0.3 is 0 Å². The van der Waals surface area contributed by atoms with Crippen LogP contribution in [0.25, 0.3) is 0 Å². The molecule has 1 aliphatic rings. The Morgan fingerprint density at radius 2 is 1.74 bits per heavy atom. The van der Waals surface area contributed by atoms with Crippen LogP contribution in [0.1, 0.15) is 44.9 Å². The van der Waals surface area contributed by atoms with Crippen LogP contribution < -0.4 is 10.6 Å². The molecule has 1 aromatic rings. The summed E-state index contributed by atoms with van der Waals surface area (Å²) in [7, 11) is 0. The number of hydrogen-bond donors (Lipinski definition) is 1. The van der Waals surface area contributed by atoms with Gasteiger partial charge in [0.15, 0.2) is 0 Å². The molecule has 0 aromatic heterocycles. The van der Waals surface area contributed by atoms with Gasteiger partial charge in [-0.2, -0.15) is 0 Å². The molecule has 1 aromatic carbocycles. The fraction of sp³-hybridized carbons (Fsp3) is 0.562. The second kappa shape index (κ2) is 7.49. The number of para-hydroxylation sites is 1. The Hall–Kier alpha value is -1.09. The van der Waals surface area contributed by atoms with Crippen molar-refractivity contribution in [2.24, 2.45) is 5.73 Å². The Morgan fingerprint density at radius 1 is 1.11 bits per heavy atom. The van der Waals surface area contributed by atoms with Gasteiger partial charge in [0.1, 0.15) is 0 Å². The van der Waals surface area contributed by atoms with Crippen LogP contribution in [0.15, 0.2) is 30.3 Å². The third kappa shape index (κ3) is 4.50. The topological polar surface area (TPSA) is 29.3 Å². The van der Waals surface area contributed by atoms with Crippen molar-refractivity contribution < 1.29 is 0 Å². The number of nitrogens with zero attached hydrogens (tertiary/aromatic N) is 1. The van der Waals surface area contributed by atoms with Gasteiger partial charge in [0.05, 0.1) is 4.99 Å². The molecule has 0 atom stereocenters. The first kappa shape index (κ1) is 14.3. The van der Waals surface area contributed by atoms with E-state index < -0.39 is 0 Å². The summed E-state index contributed by atoms with van der Waals surface area (Å²) in [5.74, 6) is 0. The van der Waals surface area contributed by atoms with E-state index in [0.717, 1.165) is 13.0 Å². The third-order valence-corrected chi connectivity index (χ3v) is 4.16. The van der Waals surface area contributed by atoms with E-state index in [4.69, 9.17) is 18.0 Å². The summed E-state index contributed by atoms with van der Waals surface area (Å²) in [6.45, 7) is 0.948. The molecular formula is C16H24N2S. The lowest BCUT2D eigenvalue weighted by Gasteiger charge is -2.33. The normalized spacial score (nSPS) is 16.8. The van der Waals surface area contributed by atoms with Crippen molar-refractivity contribution in [3.8, 4) is 0 Å². The highest BCUT2D eigenvalue weighted by atomic mass is 32.1.